The van der Waals surface area contributed by atoms with Gasteiger partial charge in [-0.25, -0.2) is 4.98 Å². The summed E-state index contributed by atoms with van der Waals surface area (Å²) >= 11 is 1.63. The Morgan fingerprint density at radius 2 is 2.17 bits per heavy atom. The number of rotatable bonds is 5. The molecule has 0 aromatic carbocycles. The van der Waals surface area contributed by atoms with E-state index in [2.05, 4.69) is 15.6 Å². The van der Waals surface area contributed by atoms with Crippen LogP contribution in [0.15, 0.2) is 6.20 Å². The van der Waals surface area contributed by atoms with Gasteiger partial charge >= 0.3 is 0 Å². The zero-order valence-electron chi connectivity index (χ0n) is 13.6. The van der Waals surface area contributed by atoms with Crippen molar-refractivity contribution < 1.29 is 4.79 Å². The van der Waals surface area contributed by atoms with E-state index >= 15 is 0 Å². The predicted molar refractivity (Wildman–Crippen MR) is 91.1 cm³/mol. The summed E-state index contributed by atoms with van der Waals surface area (Å²) in [6, 6.07) is 0.143. The Balaban J connectivity index is 1.59. The minimum absolute atomic E-state index is 0.0785. The average molecular weight is 332 g/mol. The van der Waals surface area contributed by atoms with Gasteiger partial charge in [-0.15, -0.1) is 11.3 Å². The van der Waals surface area contributed by atoms with Gasteiger partial charge in [0, 0.05) is 12.0 Å². The summed E-state index contributed by atoms with van der Waals surface area (Å²) in [6.45, 7) is 2.04. The Kier molecular flexibility index (Phi) is 4.86. The van der Waals surface area contributed by atoms with Crippen LogP contribution in [0.2, 0.25) is 0 Å². The number of thiazole rings is 1. The minimum atomic E-state index is -0.330. The zero-order valence-corrected chi connectivity index (χ0v) is 14.4. The predicted octanol–water partition coefficient (Wildman–Crippen LogP) is 3.76. The van der Waals surface area contributed by atoms with Crippen molar-refractivity contribution in [2.75, 3.05) is 5.32 Å². The Hall–Kier alpha value is -1.61. The van der Waals surface area contributed by atoms with Crippen molar-refractivity contribution in [3.63, 3.8) is 0 Å². The summed E-state index contributed by atoms with van der Waals surface area (Å²) in [5, 5.41) is 16.5. The van der Waals surface area contributed by atoms with Crippen LogP contribution in [0.4, 0.5) is 5.00 Å². The number of carbonyl (C=O) groups excluding carboxylic acids is 1. The fraction of sp³-hybridized carbons (Fsp3) is 0.706. The van der Waals surface area contributed by atoms with Crippen molar-refractivity contribution in [1.82, 2.24) is 10.3 Å². The summed E-state index contributed by atoms with van der Waals surface area (Å²) in [6.07, 6.45) is 12.4. The van der Waals surface area contributed by atoms with Gasteiger partial charge in [-0.3, -0.25) is 4.79 Å². The van der Waals surface area contributed by atoms with E-state index in [4.69, 9.17) is 5.26 Å². The van der Waals surface area contributed by atoms with Gasteiger partial charge in [0.1, 0.15) is 5.00 Å². The Bertz CT molecular complexity index is 594. The third-order valence-corrected chi connectivity index (χ3v) is 6.49. The summed E-state index contributed by atoms with van der Waals surface area (Å²) in [4.78, 5) is 17.2. The molecule has 0 atom stereocenters. The number of carbonyl (C=O) groups is 1. The molecule has 0 spiro atoms. The Morgan fingerprint density at radius 3 is 2.83 bits per heavy atom. The van der Waals surface area contributed by atoms with Crippen molar-refractivity contribution in [2.24, 2.45) is 5.41 Å². The van der Waals surface area contributed by atoms with Gasteiger partial charge < -0.3 is 10.6 Å². The van der Waals surface area contributed by atoms with Crippen molar-refractivity contribution in [3.05, 3.63) is 11.2 Å². The number of anilines is 1. The molecule has 2 saturated carbocycles. The number of amides is 1. The maximum Gasteiger partial charge on any atom is 0.231 e. The molecule has 2 fully saturated rings. The van der Waals surface area contributed by atoms with Crippen molar-refractivity contribution in [1.29, 1.82) is 5.26 Å². The largest absolute Gasteiger partial charge is 0.321 e. The lowest BCUT2D eigenvalue weighted by Gasteiger charge is -2.45. The van der Waals surface area contributed by atoms with E-state index in [1.54, 1.807) is 17.5 Å². The first-order valence-electron chi connectivity index (χ1n) is 8.58. The normalized spacial score (nSPS) is 27.7. The van der Waals surface area contributed by atoms with E-state index in [1.807, 2.05) is 13.1 Å². The van der Waals surface area contributed by atoms with Crippen LogP contribution in [0.1, 0.15) is 69.2 Å². The van der Waals surface area contributed by atoms with Gasteiger partial charge in [0.05, 0.1) is 16.6 Å². The highest BCUT2D eigenvalue weighted by molar-refractivity contribution is 7.15. The van der Waals surface area contributed by atoms with E-state index in [0.717, 1.165) is 24.3 Å². The minimum Gasteiger partial charge on any atom is -0.321 e. The fourth-order valence-electron chi connectivity index (χ4n) is 3.84. The first-order chi connectivity index (χ1) is 11.2. The maximum atomic E-state index is 12.6. The highest BCUT2D eigenvalue weighted by atomic mass is 32.1. The molecule has 0 saturated heterocycles. The van der Waals surface area contributed by atoms with Crippen LogP contribution in [0, 0.1) is 16.9 Å². The molecule has 0 aliphatic heterocycles. The smallest absolute Gasteiger partial charge is 0.231 e. The molecule has 5 nitrogen and oxygen atoms in total. The van der Waals surface area contributed by atoms with E-state index in [1.165, 1.54) is 37.1 Å². The summed E-state index contributed by atoms with van der Waals surface area (Å²) in [7, 11) is 0. The summed E-state index contributed by atoms with van der Waals surface area (Å²) in [5.74, 6) is 0.655. The second-order valence-electron chi connectivity index (χ2n) is 6.85. The topological polar surface area (TPSA) is 77.8 Å². The maximum absolute atomic E-state index is 12.6. The van der Waals surface area contributed by atoms with Gasteiger partial charge in [0.15, 0.2) is 6.19 Å². The first-order valence-corrected chi connectivity index (χ1v) is 9.40. The molecule has 3 rings (SSSR count). The molecule has 2 aliphatic carbocycles. The summed E-state index contributed by atoms with van der Waals surface area (Å²) < 4.78 is 0. The van der Waals surface area contributed by atoms with E-state index in [-0.39, 0.29) is 17.4 Å². The molecular weight excluding hydrogens is 308 g/mol. The van der Waals surface area contributed by atoms with E-state index in [9.17, 15) is 4.79 Å². The molecule has 1 aromatic heterocycles. The van der Waals surface area contributed by atoms with Crippen LogP contribution >= 0.6 is 11.3 Å². The first kappa shape index (κ1) is 16.3. The van der Waals surface area contributed by atoms with E-state index < -0.39 is 0 Å². The van der Waals surface area contributed by atoms with Crippen LogP contribution < -0.4 is 10.6 Å². The highest BCUT2D eigenvalue weighted by Crippen LogP contribution is 2.45. The zero-order chi connectivity index (χ0) is 16.3. The Labute approximate surface area is 141 Å². The van der Waals surface area contributed by atoms with E-state index in [0.29, 0.717) is 5.92 Å². The van der Waals surface area contributed by atoms with Crippen molar-refractivity contribution in [2.45, 2.75) is 70.3 Å². The number of nitrogens with one attached hydrogen (secondary N) is 2. The van der Waals surface area contributed by atoms with Crippen molar-refractivity contribution in [3.8, 4) is 6.19 Å². The van der Waals surface area contributed by atoms with Gasteiger partial charge in [-0.1, -0.05) is 26.2 Å². The fourth-order valence-corrected chi connectivity index (χ4v) is 4.82. The molecule has 0 bridgehead atoms. The average Bonchev–Trinajstić information content (AvgIpc) is 3.00. The third kappa shape index (κ3) is 3.35. The molecule has 23 heavy (non-hydrogen) atoms. The molecule has 2 aliphatic rings. The van der Waals surface area contributed by atoms with Gasteiger partial charge in [-0.05, 0) is 32.1 Å². The number of nitriles is 1. The van der Waals surface area contributed by atoms with Crippen LogP contribution in [0.5, 0.6) is 0 Å². The van der Waals surface area contributed by atoms with Gasteiger partial charge in [-0.2, -0.15) is 5.26 Å². The van der Waals surface area contributed by atoms with Crippen LogP contribution in [-0.2, 0) is 4.79 Å². The molecule has 1 amide bonds. The Morgan fingerprint density at radius 1 is 1.43 bits per heavy atom. The summed E-state index contributed by atoms with van der Waals surface area (Å²) in [5.41, 5.74) is -0.330. The lowest BCUT2D eigenvalue weighted by molar-refractivity contribution is -0.132. The molecule has 124 valence electrons. The van der Waals surface area contributed by atoms with Crippen molar-refractivity contribution >= 4 is 22.2 Å². The molecule has 2 N–H and O–H groups in total. The highest BCUT2D eigenvalue weighted by Gasteiger charge is 2.48. The van der Waals surface area contributed by atoms with Crippen LogP contribution in [-0.4, -0.2) is 16.9 Å². The number of hydrogen-bond donors (Lipinski definition) is 2. The second-order valence-corrected chi connectivity index (χ2v) is 7.91. The van der Waals surface area contributed by atoms with Gasteiger partial charge in [0.25, 0.3) is 0 Å². The standard InChI is InChI=1S/C17H24N4OS/c1-2-17(8-13(9-17)20-11-18)16(22)21-14-10-19-15(23-14)12-6-4-3-5-7-12/h10,12-13,20H,2-9H2,1H3,(H,21,22)/t13-,17-. The molecule has 0 radical (unpaired) electrons. The molecule has 0 unspecified atom stereocenters. The molecule has 6 heteroatoms. The van der Waals surface area contributed by atoms with Crippen LogP contribution in [0.3, 0.4) is 0 Å². The number of hydrogen-bond acceptors (Lipinski definition) is 5. The molecular formula is C17H24N4OS. The lowest BCUT2D eigenvalue weighted by Crippen LogP contribution is -2.53. The molecule has 1 heterocycles. The van der Waals surface area contributed by atoms with Crippen LogP contribution in [0.25, 0.3) is 0 Å². The number of nitrogens with zero attached hydrogens (tertiary/aromatic N) is 2. The molecule has 1 aromatic rings. The third-order valence-electron chi connectivity index (χ3n) is 5.42. The quantitative estimate of drug-likeness (QED) is 0.636. The number of aromatic nitrogens is 1. The SMILES string of the molecule is CC[C@]1(C(=O)Nc2cnc(C3CCCCC3)s2)C[C@H](NC#N)C1. The van der Waals surface area contributed by atoms with Gasteiger partial charge in [0.2, 0.25) is 5.91 Å². The lowest BCUT2D eigenvalue weighted by atomic mass is 9.63. The second kappa shape index (κ2) is 6.88. The monoisotopic (exact) mass is 332 g/mol.